The Balaban J connectivity index is 2.68. The van der Waals surface area contributed by atoms with E-state index in [0.29, 0.717) is 26.1 Å². The van der Waals surface area contributed by atoms with Gasteiger partial charge in [0.15, 0.2) is 17.9 Å². The Bertz CT molecular complexity index is 415. The van der Waals surface area contributed by atoms with E-state index < -0.39 is 11.7 Å². The molecule has 0 unspecified atom stereocenters. The van der Waals surface area contributed by atoms with Crippen molar-refractivity contribution in [3.05, 3.63) is 25.3 Å². The van der Waals surface area contributed by atoms with Gasteiger partial charge in [0.25, 0.3) is 0 Å². The molecular weight excluding hydrogens is 268 g/mol. The second kappa shape index (κ2) is 7.14. The molecule has 1 aliphatic heterocycles. The summed E-state index contributed by atoms with van der Waals surface area (Å²) in [7, 11) is 0. The van der Waals surface area contributed by atoms with Crippen molar-refractivity contribution in [1.29, 1.82) is 0 Å². The van der Waals surface area contributed by atoms with Crippen LogP contribution < -0.4 is 0 Å². The molecule has 0 saturated carbocycles. The van der Waals surface area contributed by atoms with Crippen molar-refractivity contribution in [2.45, 2.75) is 46.3 Å². The van der Waals surface area contributed by atoms with Crippen molar-refractivity contribution in [2.75, 3.05) is 13.2 Å². The molecule has 118 valence electrons. The van der Waals surface area contributed by atoms with Crippen molar-refractivity contribution in [1.82, 2.24) is 0 Å². The van der Waals surface area contributed by atoms with Gasteiger partial charge in [-0.25, -0.2) is 0 Å². The number of hydrogen-bond acceptors (Lipinski definition) is 4. The minimum atomic E-state index is -0.445. The third-order valence-electron chi connectivity index (χ3n) is 4.10. The van der Waals surface area contributed by atoms with E-state index >= 15 is 0 Å². The maximum atomic E-state index is 11.6. The van der Waals surface area contributed by atoms with Crippen molar-refractivity contribution in [3.8, 4) is 0 Å². The van der Waals surface area contributed by atoms with E-state index in [1.807, 2.05) is 20.8 Å². The molecule has 0 aromatic heterocycles. The first kappa shape index (κ1) is 17.8. The molecule has 0 bridgehead atoms. The van der Waals surface area contributed by atoms with E-state index in [-0.39, 0.29) is 17.0 Å². The zero-order valence-electron chi connectivity index (χ0n) is 13.3. The summed E-state index contributed by atoms with van der Waals surface area (Å²) >= 11 is 0. The Hall–Kier alpha value is -1.26. The van der Waals surface area contributed by atoms with Crippen LogP contribution in [0.2, 0.25) is 0 Å². The van der Waals surface area contributed by atoms with E-state index in [4.69, 9.17) is 9.47 Å². The molecule has 1 rings (SSSR count). The number of carbonyl (C=O) groups is 2. The molecule has 4 nitrogen and oxygen atoms in total. The Morgan fingerprint density at radius 2 is 1.71 bits per heavy atom. The number of ether oxygens (including phenoxy) is 2. The van der Waals surface area contributed by atoms with Crippen molar-refractivity contribution in [2.24, 2.45) is 10.8 Å². The first-order valence-electron chi connectivity index (χ1n) is 7.32. The summed E-state index contributed by atoms with van der Waals surface area (Å²) in [6, 6.07) is 0. The summed E-state index contributed by atoms with van der Waals surface area (Å²) in [5, 5.41) is 0. The largest absolute Gasteiger partial charge is 0.351 e. The van der Waals surface area contributed by atoms with Gasteiger partial charge in [0.05, 0.1) is 13.2 Å². The van der Waals surface area contributed by atoms with Gasteiger partial charge in [-0.3, -0.25) is 9.59 Å². The van der Waals surface area contributed by atoms with Crippen LogP contribution in [0.4, 0.5) is 0 Å². The minimum Gasteiger partial charge on any atom is -0.351 e. The molecule has 0 N–H and O–H groups in total. The molecule has 1 heterocycles. The molecule has 1 fully saturated rings. The smallest absolute Gasteiger partial charge is 0.163 e. The normalized spacial score (nSPS) is 26.1. The lowest BCUT2D eigenvalue weighted by atomic mass is 9.79. The lowest BCUT2D eigenvalue weighted by Gasteiger charge is -2.44. The van der Waals surface area contributed by atoms with Gasteiger partial charge in [-0.2, -0.15) is 0 Å². The molecular formula is C17H26O4. The summed E-state index contributed by atoms with van der Waals surface area (Å²) < 4.78 is 11.7. The Morgan fingerprint density at radius 3 is 2.14 bits per heavy atom. The van der Waals surface area contributed by atoms with Crippen LogP contribution in [-0.2, 0) is 19.1 Å². The number of allylic oxidation sites excluding steroid dienone is 2. The predicted molar refractivity (Wildman–Crippen MR) is 81.8 cm³/mol. The lowest BCUT2D eigenvalue weighted by Crippen LogP contribution is -2.48. The highest BCUT2D eigenvalue weighted by Gasteiger charge is 2.42. The van der Waals surface area contributed by atoms with E-state index in [1.165, 1.54) is 12.2 Å². The van der Waals surface area contributed by atoms with E-state index in [2.05, 4.69) is 13.2 Å². The molecule has 0 atom stereocenters. The summed E-state index contributed by atoms with van der Waals surface area (Å²) in [6.45, 7) is 13.8. The van der Waals surface area contributed by atoms with Gasteiger partial charge in [-0.05, 0) is 18.6 Å². The molecule has 4 heteroatoms. The van der Waals surface area contributed by atoms with Gasteiger partial charge in [-0.15, -0.1) is 0 Å². The maximum absolute atomic E-state index is 11.6. The topological polar surface area (TPSA) is 52.6 Å². The van der Waals surface area contributed by atoms with Gasteiger partial charge in [-0.1, -0.05) is 33.9 Å². The molecule has 1 saturated heterocycles. The van der Waals surface area contributed by atoms with Crippen LogP contribution in [0.3, 0.4) is 0 Å². The van der Waals surface area contributed by atoms with Crippen molar-refractivity contribution < 1.29 is 19.1 Å². The fourth-order valence-electron chi connectivity index (χ4n) is 2.52. The molecule has 21 heavy (non-hydrogen) atoms. The van der Waals surface area contributed by atoms with Crippen LogP contribution in [0.25, 0.3) is 0 Å². The van der Waals surface area contributed by atoms with Crippen molar-refractivity contribution in [3.63, 3.8) is 0 Å². The number of carbonyl (C=O) groups excluding carboxylic acids is 2. The fraction of sp³-hybridized carbons (Fsp3) is 0.647. The Kier molecular flexibility index (Phi) is 6.05. The number of hydrogen-bond donors (Lipinski definition) is 0. The van der Waals surface area contributed by atoms with E-state index in [9.17, 15) is 9.59 Å². The van der Waals surface area contributed by atoms with Gasteiger partial charge in [0, 0.05) is 23.7 Å². The van der Waals surface area contributed by atoms with Gasteiger partial charge in [0.2, 0.25) is 0 Å². The zero-order chi connectivity index (χ0) is 16.1. The van der Waals surface area contributed by atoms with Crippen LogP contribution in [0.15, 0.2) is 25.3 Å². The summed E-state index contributed by atoms with van der Waals surface area (Å²) in [6.07, 6.45) is 3.72. The molecule has 0 spiro atoms. The summed E-state index contributed by atoms with van der Waals surface area (Å²) in [4.78, 5) is 23.2. The third kappa shape index (κ3) is 4.61. The SMILES string of the molecule is C=CC(=O)CC1(CC)COC(C(C)(C)CC(=O)C=C)OC1. The zero-order valence-corrected chi connectivity index (χ0v) is 13.3. The summed E-state index contributed by atoms with van der Waals surface area (Å²) in [5.41, 5.74) is -0.714. The molecule has 0 radical (unpaired) electrons. The standard InChI is InChI=1S/C17H26O4/c1-6-13(18)9-16(4,5)15-20-11-17(8-3,12-21-15)10-14(19)7-2/h6-7,15H,1-2,8-12H2,3-5H3. The highest BCUT2D eigenvalue weighted by atomic mass is 16.7. The van der Waals surface area contributed by atoms with E-state index in [0.717, 1.165) is 6.42 Å². The number of ketones is 2. The van der Waals surface area contributed by atoms with Crippen LogP contribution in [0, 0.1) is 10.8 Å². The molecule has 0 amide bonds. The minimum absolute atomic E-state index is 0.00333. The molecule has 1 aliphatic rings. The highest BCUT2D eigenvalue weighted by Crippen LogP contribution is 2.38. The quantitative estimate of drug-likeness (QED) is 0.646. The second-order valence-electron chi connectivity index (χ2n) is 6.49. The lowest BCUT2D eigenvalue weighted by molar-refractivity contribution is -0.269. The van der Waals surface area contributed by atoms with Crippen LogP contribution in [0.1, 0.15) is 40.0 Å². The highest BCUT2D eigenvalue weighted by molar-refractivity contribution is 5.90. The van der Waals surface area contributed by atoms with Gasteiger partial charge in [0.1, 0.15) is 0 Å². The second-order valence-corrected chi connectivity index (χ2v) is 6.49. The summed E-state index contributed by atoms with van der Waals surface area (Å²) in [5.74, 6) is -0.0232. The van der Waals surface area contributed by atoms with Crippen LogP contribution in [0.5, 0.6) is 0 Å². The average molecular weight is 294 g/mol. The first-order chi connectivity index (χ1) is 9.78. The number of rotatable bonds is 8. The third-order valence-corrected chi connectivity index (χ3v) is 4.10. The van der Waals surface area contributed by atoms with Crippen LogP contribution >= 0.6 is 0 Å². The van der Waals surface area contributed by atoms with E-state index in [1.54, 1.807) is 0 Å². The van der Waals surface area contributed by atoms with Crippen LogP contribution in [-0.4, -0.2) is 31.1 Å². The van der Waals surface area contributed by atoms with Gasteiger partial charge >= 0.3 is 0 Å². The average Bonchev–Trinajstić information content (AvgIpc) is 2.47. The maximum Gasteiger partial charge on any atom is 0.163 e. The molecule has 0 aliphatic carbocycles. The molecule has 0 aromatic carbocycles. The monoisotopic (exact) mass is 294 g/mol. The van der Waals surface area contributed by atoms with Gasteiger partial charge < -0.3 is 9.47 Å². The molecule has 0 aromatic rings. The Labute approximate surface area is 127 Å². The van der Waals surface area contributed by atoms with Crippen molar-refractivity contribution >= 4 is 11.6 Å². The predicted octanol–water partition coefficient (Wildman–Crippen LogP) is 3.07. The first-order valence-corrected chi connectivity index (χ1v) is 7.32. The Morgan fingerprint density at radius 1 is 1.19 bits per heavy atom. The fourth-order valence-corrected chi connectivity index (χ4v) is 2.52.